The van der Waals surface area contributed by atoms with Gasteiger partial charge in [-0.05, 0) is 44.9 Å². The number of rotatable bonds is 31. The highest BCUT2D eigenvalue weighted by atomic mass is 31.2. The van der Waals surface area contributed by atoms with Gasteiger partial charge in [-0.3, -0.25) is 14.1 Å². The number of esters is 2. The molecule has 0 saturated carbocycles. The minimum Gasteiger partial charge on any atom is -0.462 e. The third-order valence-corrected chi connectivity index (χ3v) is 7.67. The number of carbonyl (C=O) groups is 2. The lowest BCUT2D eigenvalue weighted by molar-refractivity contribution is -0.161. The highest BCUT2D eigenvalue weighted by molar-refractivity contribution is 7.46. The molecule has 1 unspecified atom stereocenters. The molecule has 0 aromatic rings. The van der Waals surface area contributed by atoms with Crippen molar-refractivity contribution in [1.29, 1.82) is 0 Å². The number of unbranched alkanes of at least 4 members (excludes halogenated alkanes) is 13. The maximum absolute atomic E-state index is 12.3. The van der Waals surface area contributed by atoms with Gasteiger partial charge in [-0.15, -0.1) is 0 Å². The summed E-state index contributed by atoms with van der Waals surface area (Å²) in [5.74, 6) is -1.02. The number of hydrogen-bond acceptors (Lipinski definition) is 7. The van der Waals surface area contributed by atoms with Crippen molar-refractivity contribution in [1.82, 2.24) is 0 Å². The quantitative estimate of drug-likeness (QED) is 0.0217. The Morgan fingerprint density at radius 3 is 1.93 bits per heavy atom. The van der Waals surface area contributed by atoms with Crippen molar-refractivity contribution < 1.29 is 43.0 Å². The number of carbonyl (C=O) groups excluding carboxylic acids is 2. The lowest BCUT2D eigenvalue weighted by Crippen LogP contribution is -2.29. The summed E-state index contributed by atoms with van der Waals surface area (Å²) in [6, 6.07) is 0. The number of phosphoric acid groups is 1. The Bertz CT molecular complexity index is 907. The summed E-state index contributed by atoms with van der Waals surface area (Å²) in [5.41, 5.74) is 0. The fourth-order valence-electron chi connectivity index (χ4n) is 4.50. The minimum absolute atomic E-state index is 0.0769. The summed E-state index contributed by atoms with van der Waals surface area (Å²) >= 11 is 0. The molecule has 46 heavy (non-hydrogen) atoms. The van der Waals surface area contributed by atoms with Crippen LogP contribution in [0.3, 0.4) is 0 Å². The standard InChI is InChI=1S/C36H63O9P/c1-3-5-7-9-11-13-15-17-21-25-29-35(38)43-31-34(32-44-46(40,41)42)45-36(39)30-26-22-18-20-24-28-33(37)27-23-19-16-14-12-10-8-6-4-2/h12,14,18-20,23-24,28,33-34,37H,3-11,13,15-17,21-22,25-27,29-32H2,1-2H3,(H2,40,41,42)/b14-12-,20-18+,23-19-,28-24-/t33?,34-/m1/s1. The first-order valence-corrected chi connectivity index (χ1v) is 19.1. The van der Waals surface area contributed by atoms with Crippen molar-refractivity contribution in [2.75, 3.05) is 13.2 Å². The number of hydrogen-bond donors (Lipinski definition) is 3. The summed E-state index contributed by atoms with van der Waals surface area (Å²) in [5, 5.41) is 10.0. The van der Waals surface area contributed by atoms with E-state index in [4.69, 9.17) is 19.3 Å². The third kappa shape index (κ3) is 33.3. The van der Waals surface area contributed by atoms with Crippen molar-refractivity contribution in [3.8, 4) is 0 Å². The maximum Gasteiger partial charge on any atom is 0.469 e. The van der Waals surface area contributed by atoms with Crippen LogP contribution in [0.2, 0.25) is 0 Å². The molecule has 0 rings (SSSR count). The topological polar surface area (TPSA) is 140 Å². The zero-order valence-corrected chi connectivity index (χ0v) is 29.5. The normalized spacial score (nSPS) is 13.8. The van der Waals surface area contributed by atoms with Crippen LogP contribution >= 0.6 is 7.82 Å². The average Bonchev–Trinajstić information content (AvgIpc) is 3.01. The second-order valence-electron chi connectivity index (χ2n) is 11.7. The van der Waals surface area contributed by atoms with Crippen molar-refractivity contribution in [2.24, 2.45) is 0 Å². The lowest BCUT2D eigenvalue weighted by Gasteiger charge is -2.18. The van der Waals surface area contributed by atoms with Gasteiger partial charge in [0.1, 0.15) is 6.61 Å². The second-order valence-corrected chi connectivity index (χ2v) is 12.9. The van der Waals surface area contributed by atoms with E-state index in [1.165, 1.54) is 57.8 Å². The molecule has 0 aliphatic carbocycles. The zero-order valence-electron chi connectivity index (χ0n) is 28.6. The first-order chi connectivity index (χ1) is 22.2. The monoisotopic (exact) mass is 670 g/mol. The molecule has 0 heterocycles. The van der Waals surface area contributed by atoms with E-state index in [1.54, 1.807) is 12.2 Å². The molecular weight excluding hydrogens is 607 g/mol. The Kier molecular flexibility index (Phi) is 30.2. The van der Waals surface area contributed by atoms with Crippen LogP contribution < -0.4 is 0 Å². The average molecular weight is 671 g/mol. The van der Waals surface area contributed by atoms with Crippen LogP contribution in [0.25, 0.3) is 0 Å². The molecule has 266 valence electrons. The van der Waals surface area contributed by atoms with E-state index in [-0.39, 0.29) is 19.4 Å². The molecule has 0 saturated heterocycles. The van der Waals surface area contributed by atoms with Gasteiger partial charge < -0.3 is 24.4 Å². The minimum atomic E-state index is -4.78. The van der Waals surface area contributed by atoms with E-state index >= 15 is 0 Å². The summed E-state index contributed by atoms with van der Waals surface area (Å²) in [4.78, 5) is 42.5. The molecule has 0 aliphatic rings. The SMILES string of the molecule is CCCCC/C=C\C/C=C\CC(O)/C=C\C=C\CCCC(=O)O[C@H](COC(=O)CCCCCCCCCCCC)COP(=O)(O)O. The fraction of sp³-hybridized carbons (Fsp3) is 0.722. The summed E-state index contributed by atoms with van der Waals surface area (Å²) < 4.78 is 26.1. The van der Waals surface area contributed by atoms with Crippen LogP contribution in [-0.2, 0) is 28.2 Å². The van der Waals surface area contributed by atoms with Crippen LogP contribution in [0.15, 0.2) is 48.6 Å². The smallest absolute Gasteiger partial charge is 0.462 e. The molecule has 9 nitrogen and oxygen atoms in total. The van der Waals surface area contributed by atoms with Gasteiger partial charge in [0.2, 0.25) is 0 Å². The molecule has 0 spiro atoms. The Hall–Kier alpha value is -2.03. The van der Waals surface area contributed by atoms with Crippen molar-refractivity contribution >= 4 is 19.8 Å². The van der Waals surface area contributed by atoms with Gasteiger partial charge >= 0.3 is 19.8 Å². The Labute approximate surface area is 278 Å². The van der Waals surface area contributed by atoms with E-state index in [9.17, 15) is 19.3 Å². The molecule has 0 amide bonds. The number of allylic oxidation sites excluding steroid dienone is 6. The number of ether oxygens (including phenoxy) is 2. The summed E-state index contributed by atoms with van der Waals surface area (Å²) in [7, 11) is -4.78. The highest BCUT2D eigenvalue weighted by Gasteiger charge is 2.22. The molecule has 10 heteroatoms. The van der Waals surface area contributed by atoms with Crippen LogP contribution in [0.5, 0.6) is 0 Å². The van der Waals surface area contributed by atoms with E-state index in [2.05, 4.69) is 36.6 Å². The molecule has 0 aromatic heterocycles. The van der Waals surface area contributed by atoms with E-state index in [1.807, 2.05) is 18.2 Å². The molecule has 3 N–H and O–H groups in total. The molecule has 0 bridgehead atoms. The van der Waals surface area contributed by atoms with Crippen LogP contribution in [0, 0.1) is 0 Å². The maximum atomic E-state index is 12.3. The predicted octanol–water partition coefficient (Wildman–Crippen LogP) is 8.98. The van der Waals surface area contributed by atoms with Crippen molar-refractivity contribution in [3.05, 3.63) is 48.6 Å². The van der Waals surface area contributed by atoms with E-state index < -0.39 is 38.6 Å². The van der Waals surface area contributed by atoms with Gasteiger partial charge in [0.05, 0.1) is 12.7 Å². The predicted molar refractivity (Wildman–Crippen MR) is 185 cm³/mol. The van der Waals surface area contributed by atoms with Gasteiger partial charge in [0.25, 0.3) is 0 Å². The Morgan fingerprint density at radius 2 is 1.26 bits per heavy atom. The number of phosphoric ester groups is 1. The van der Waals surface area contributed by atoms with Gasteiger partial charge in [0, 0.05) is 12.8 Å². The Morgan fingerprint density at radius 1 is 0.674 bits per heavy atom. The highest BCUT2D eigenvalue weighted by Crippen LogP contribution is 2.35. The largest absolute Gasteiger partial charge is 0.469 e. The van der Waals surface area contributed by atoms with E-state index in [0.717, 1.165) is 32.1 Å². The first kappa shape index (κ1) is 44.0. The molecule has 0 aliphatic heterocycles. The fourth-order valence-corrected chi connectivity index (χ4v) is 4.86. The Balaban J connectivity index is 4.23. The van der Waals surface area contributed by atoms with Gasteiger partial charge in [-0.1, -0.05) is 133 Å². The van der Waals surface area contributed by atoms with Gasteiger partial charge in [0.15, 0.2) is 6.10 Å². The summed E-state index contributed by atoms with van der Waals surface area (Å²) in [6.07, 6.45) is 33.0. The number of aliphatic hydroxyl groups excluding tert-OH is 1. The summed E-state index contributed by atoms with van der Waals surface area (Å²) in [6.45, 7) is 3.49. The van der Waals surface area contributed by atoms with Crippen molar-refractivity contribution in [3.63, 3.8) is 0 Å². The number of aliphatic hydroxyl groups is 1. The molecule has 0 aromatic carbocycles. The first-order valence-electron chi connectivity index (χ1n) is 17.5. The van der Waals surface area contributed by atoms with Crippen molar-refractivity contribution in [2.45, 2.75) is 154 Å². The van der Waals surface area contributed by atoms with E-state index in [0.29, 0.717) is 25.7 Å². The lowest BCUT2D eigenvalue weighted by atomic mass is 10.1. The molecule has 0 fully saturated rings. The zero-order chi connectivity index (χ0) is 34.1. The third-order valence-electron chi connectivity index (χ3n) is 7.18. The van der Waals surface area contributed by atoms with Crippen LogP contribution in [0.4, 0.5) is 0 Å². The molecule has 2 atom stereocenters. The molecular formula is C36H63O9P. The van der Waals surface area contributed by atoms with Crippen LogP contribution in [-0.4, -0.2) is 52.3 Å². The molecule has 0 radical (unpaired) electrons. The van der Waals surface area contributed by atoms with Gasteiger partial charge in [-0.2, -0.15) is 0 Å². The van der Waals surface area contributed by atoms with Gasteiger partial charge in [-0.25, -0.2) is 4.57 Å². The van der Waals surface area contributed by atoms with Crippen LogP contribution in [0.1, 0.15) is 142 Å². The second kappa shape index (κ2) is 31.6.